The van der Waals surface area contributed by atoms with E-state index < -0.39 is 5.40 Å². The van der Waals surface area contributed by atoms with Crippen LogP contribution >= 0.6 is 0 Å². The molecule has 0 aliphatic carbocycles. The van der Waals surface area contributed by atoms with E-state index in [9.17, 15) is 5.11 Å². The molecule has 0 atom stereocenters. The first kappa shape index (κ1) is 15.5. The summed E-state index contributed by atoms with van der Waals surface area (Å²) in [4.78, 5) is 11.7. The average Bonchev–Trinajstić information content (AvgIpc) is 2.91. The van der Waals surface area contributed by atoms with Crippen molar-refractivity contribution in [3.05, 3.63) is 36.5 Å². The Kier molecular flexibility index (Phi) is 3.76. The van der Waals surface area contributed by atoms with Gasteiger partial charge in [0.1, 0.15) is 21.5 Å². The first-order valence-electron chi connectivity index (χ1n) is 8.71. The van der Waals surface area contributed by atoms with Crippen molar-refractivity contribution in [3.8, 4) is 0 Å². The van der Waals surface area contributed by atoms with Crippen LogP contribution in [0.3, 0.4) is 0 Å². The molecule has 0 saturated carbocycles. The second-order valence-electron chi connectivity index (χ2n) is 7.50. The van der Waals surface area contributed by atoms with Crippen molar-refractivity contribution in [2.45, 2.75) is 24.7 Å². The highest BCUT2D eigenvalue weighted by atomic mass is 16.3. The van der Waals surface area contributed by atoms with Crippen LogP contribution < -0.4 is 4.90 Å². The summed E-state index contributed by atoms with van der Waals surface area (Å²) in [5.74, 6) is 2.35. The quantitative estimate of drug-likeness (QED) is 0.710. The minimum Gasteiger partial charge on any atom is -0.408 e. The number of hydrogen-bond donors (Lipinski definition) is 1. The number of imidazole rings is 1. The number of benzene rings is 1. The maximum atomic E-state index is 10.0. The monoisotopic (exact) mass is 320 g/mol. The topological polar surface area (TPSA) is 53.7 Å². The third-order valence-corrected chi connectivity index (χ3v) is 4.89. The lowest BCUT2D eigenvalue weighted by Gasteiger charge is -2.35. The number of fused-ring (bicyclic) bond motifs is 3. The number of para-hydroxylation sites is 2. The molecule has 0 bridgehead atoms. The summed E-state index contributed by atoms with van der Waals surface area (Å²) in [6.45, 7) is 1.98. The van der Waals surface area contributed by atoms with E-state index in [1.165, 1.54) is 0 Å². The fourth-order valence-electron chi connectivity index (χ4n) is 3.79. The van der Waals surface area contributed by atoms with Gasteiger partial charge in [0, 0.05) is 24.7 Å². The molecular formula is C17H22B2N4O. The molecule has 1 aromatic carbocycles. The van der Waals surface area contributed by atoms with Crippen LogP contribution in [0.5, 0.6) is 0 Å². The number of nitrogens with zero attached hydrogens (tertiary/aromatic N) is 4. The average molecular weight is 320 g/mol. The van der Waals surface area contributed by atoms with Crippen molar-refractivity contribution < 1.29 is 5.11 Å². The summed E-state index contributed by atoms with van der Waals surface area (Å²) >= 11 is 0. The molecule has 5 nitrogen and oxygen atoms in total. The Morgan fingerprint density at radius 3 is 2.62 bits per heavy atom. The summed E-state index contributed by atoms with van der Waals surface area (Å²) in [5.41, 5.74) is 2.07. The molecule has 1 fully saturated rings. The van der Waals surface area contributed by atoms with Crippen LogP contribution in [0.25, 0.3) is 16.8 Å². The van der Waals surface area contributed by atoms with E-state index >= 15 is 0 Å². The largest absolute Gasteiger partial charge is 0.408 e. The van der Waals surface area contributed by atoms with Gasteiger partial charge in [-0.25, -0.2) is 4.98 Å². The highest BCUT2D eigenvalue weighted by Gasteiger charge is 2.25. The van der Waals surface area contributed by atoms with E-state index in [2.05, 4.69) is 28.2 Å². The molecule has 1 saturated heterocycles. The Hall–Kier alpha value is -2.01. The lowest BCUT2D eigenvalue weighted by molar-refractivity contribution is 0.167. The lowest BCUT2D eigenvalue weighted by Crippen LogP contribution is -2.39. The zero-order chi connectivity index (χ0) is 16.7. The SMILES string of the molecule is BC(B)(O)CC1CCN(c2ccn3c(n2)nc2ccccc23)CC1. The molecule has 7 heteroatoms. The van der Waals surface area contributed by atoms with Crippen molar-refractivity contribution in [1.29, 1.82) is 0 Å². The Labute approximate surface area is 143 Å². The number of piperidine rings is 1. The fraction of sp³-hybridized carbons (Fsp3) is 0.412. The maximum Gasteiger partial charge on any atom is 0.236 e. The van der Waals surface area contributed by atoms with Gasteiger partial charge in [-0.1, -0.05) is 12.1 Å². The summed E-state index contributed by atoms with van der Waals surface area (Å²) < 4.78 is 2.04. The van der Waals surface area contributed by atoms with Gasteiger partial charge in [0.15, 0.2) is 0 Å². The minimum absolute atomic E-state index is 0.569. The molecule has 0 spiro atoms. The molecule has 0 amide bonds. The van der Waals surface area contributed by atoms with Gasteiger partial charge < -0.3 is 10.0 Å². The highest BCUT2D eigenvalue weighted by Crippen LogP contribution is 2.27. The number of aliphatic hydroxyl groups is 1. The van der Waals surface area contributed by atoms with Gasteiger partial charge in [-0.05, 0) is 43.4 Å². The molecule has 0 radical (unpaired) electrons. The zero-order valence-corrected chi connectivity index (χ0v) is 14.3. The number of hydrogen-bond acceptors (Lipinski definition) is 4. The standard InChI is InChI=1S/C17H22B2N4O/c18-17(19,24)11-12-5-8-22(9-6-12)15-7-10-23-14-4-2-1-3-13(14)20-16(23)21-15/h1-4,7,10,12,24H,5-6,8-9,11,18-19H2. The summed E-state index contributed by atoms with van der Waals surface area (Å²) in [6, 6.07) is 10.2. The third kappa shape index (κ3) is 3.00. The van der Waals surface area contributed by atoms with Gasteiger partial charge in [-0.15, -0.1) is 0 Å². The van der Waals surface area contributed by atoms with Gasteiger partial charge >= 0.3 is 0 Å². The van der Waals surface area contributed by atoms with Crippen LogP contribution in [0, 0.1) is 5.92 Å². The van der Waals surface area contributed by atoms with Crippen LogP contribution in [0.4, 0.5) is 5.82 Å². The van der Waals surface area contributed by atoms with E-state index in [4.69, 9.17) is 4.98 Å². The lowest BCUT2D eigenvalue weighted by atomic mass is 9.60. The second kappa shape index (κ2) is 5.81. The van der Waals surface area contributed by atoms with Gasteiger partial charge in [-0.3, -0.25) is 4.40 Å². The molecule has 24 heavy (non-hydrogen) atoms. The van der Waals surface area contributed by atoms with Crippen LogP contribution in [0.2, 0.25) is 0 Å². The van der Waals surface area contributed by atoms with Gasteiger partial charge in [-0.2, -0.15) is 4.98 Å². The predicted molar refractivity (Wildman–Crippen MR) is 102 cm³/mol. The molecular weight excluding hydrogens is 298 g/mol. The van der Waals surface area contributed by atoms with Gasteiger partial charge in [0.05, 0.1) is 11.0 Å². The van der Waals surface area contributed by atoms with Crippen molar-refractivity contribution in [1.82, 2.24) is 14.4 Å². The summed E-state index contributed by atoms with van der Waals surface area (Å²) in [7, 11) is 3.80. The first-order chi connectivity index (χ1) is 11.5. The molecule has 4 rings (SSSR count). The zero-order valence-electron chi connectivity index (χ0n) is 14.3. The van der Waals surface area contributed by atoms with Crippen LogP contribution in [-0.4, -0.2) is 53.7 Å². The molecule has 1 aliphatic heterocycles. The first-order valence-corrected chi connectivity index (χ1v) is 8.71. The maximum absolute atomic E-state index is 10.0. The van der Waals surface area contributed by atoms with Crippen LogP contribution in [0.15, 0.2) is 36.5 Å². The van der Waals surface area contributed by atoms with E-state index in [0.29, 0.717) is 5.92 Å². The molecule has 0 unspecified atom stereocenters. The molecule has 1 aliphatic rings. The smallest absolute Gasteiger partial charge is 0.236 e. The Bertz CT molecular complexity index is 866. The molecule has 3 heterocycles. The minimum atomic E-state index is -0.569. The molecule has 122 valence electrons. The molecule has 3 aromatic rings. The van der Waals surface area contributed by atoms with Crippen molar-refractivity contribution in [2.24, 2.45) is 5.92 Å². The number of aromatic nitrogens is 3. The summed E-state index contributed by atoms with van der Waals surface area (Å²) in [6.07, 6.45) is 5.15. The number of anilines is 1. The fourth-order valence-corrected chi connectivity index (χ4v) is 3.79. The van der Waals surface area contributed by atoms with Crippen LogP contribution in [-0.2, 0) is 0 Å². The van der Waals surface area contributed by atoms with E-state index in [1.807, 2.05) is 38.3 Å². The summed E-state index contributed by atoms with van der Waals surface area (Å²) in [5, 5.41) is 9.43. The van der Waals surface area contributed by atoms with E-state index in [1.54, 1.807) is 0 Å². The second-order valence-corrected chi connectivity index (χ2v) is 7.50. The van der Waals surface area contributed by atoms with Crippen molar-refractivity contribution >= 4 is 38.3 Å². The highest BCUT2D eigenvalue weighted by molar-refractivity contribution is 6.38. The normalized spacial score (nSPS) is 17.0. The van der Waals surface area contributed by atoms with Crippen LogP contribution in [0.1, 0.15) is 19.3 Å². The predicted octanol–water partition coefficient (Wildman–Crippen LogP) is 0.401. The number of rotatable bonds is 3. The van der Waals surface area contributed by atoms with Crippen molar-refractivity contribution in [3.63, 3.8) is 0 Å². The Morgan fingerprint density at radius 1 is 1.12 bits per heavy atom. The van der Waals surface area contributed by atoms with Crippen molar-refractivity contribution in [2.75, 3.05) is 18.0 Å². The van der Waals surface area contributed by atoms with E-state index in [0.717, 1.165) is 55.0 Å². The van der Waals surface area contributed by atoms with E-state index in [-0.39, 0.29) is 0 Å². The molecule has 1 N–H and O–H groups in total. The third-order valence-electron chi connectivity index (χ3n) is 4.89. The van der Waals surface area contributed by atoms with Gasteiger partial charge in [0.25, 0.3) is 0 Å². The molecule has 2 aromatic heterocycles. The Balaban J connectivity index is 1.54. The van der Waals surface area contributed by atoms with Gasteiger partial charge in [0.2, 0.25) is 5.78 Å². The Morgan fingerprint density at radius 2 is 1.88 bits per heavy atom.